The number of carbonyl (C=O) groups is 2. The van der Waals surface area contributed by atoms with Crippen molar-refractivity contribution in [2.45, 2.75) is 32.6 Å². The number of hydrazine groups is 1. The number of hydrogen-bond donors (Lipinski definition) is 2. The number of nitrogens with one attached hydrogen (secondary N) is 2. The van der Waals surface area contributed by atoms with Gasteiger partial charge in [0, 0.05) is 12.0 Å². The van der Waals surface area contributed by atoms with Crippen LogP contribution in [0.1, 0.15) is 43.0 Å². The summed E-state index contributed by atoms with van der Waals surface area (Å²) in [5.74, 6) is 5.87. The van der Waals surface area contributed by atoms with Crippen LogP contribution >= 0.6 is 0 Å². The molecule has 0 aliphatic carbocycles. The van der Waals surface area contributed by atoms with Gasteiger partial charge in [0.05, 0.1) is 7.11 Å². The second kappa shape index (κ2) is 11.0. The van der Waals surface area contributed by atoms with Gasteiger partial charge in [-0.1, -0.05) is 31.6 Å². The molecule has 0 aromatic heterocycles. The Morgan fingerprint density at radius 1 is 1.09 bits per heavy atom. The Labute approximate surface area is 136 Å². The number of carbonyl (C=O) groups excluding carboxylic acids is 2. The summed E-state index contributed by atoms with van der Waals surface area (Å²) < 4.78 is 9.81. The normalized spacial score (nSPS) is 9.30. The highest BCUT2D eigenvalue weighted by Crippen LogP contribution is 2.10. The van der Waals surface area contributed by atoms with Crippen LogP contribution in [0.2, 0.25) is 0 Å². The number of unbranched alkanes of at least 4 members (excludes halogenated alkanes) is 3. The van der Waals surface area contributed by atoms with Crippen molar-refractivity contribution < 1.29 is 19.1 Å². The Hall–Kier alpha value is -2.68. The van der Waals surface area contributed by atoms with Crippen molar-refractivity contribution in [2.75, 3.05) is 13.7 Å². The summed E-state index contributed by atoms with van der Waals surface area (Å²) in [5.41, 5.74) is 4.80. The van der Waals surface area contributed by atoms with Crippen LogP contribution in [0, 0.1) is 11.8 Å². The van der Waals surface area contributed by atoms with Crippen LogP contribution in [-0.4, -0.2) is 25.7 Å². The first kappa shape index (κ1) is 18.4. The fourth-order valence-corrected chi connectivity index (χ4v) is 1.66. The Balaban J connectivity index is 2.23. The minimum absolute atomic E-state index is 0.00361. The minimum atomic E-state index is -0.755. The van der Waals surface area contributed by atoms with Gasteiger partial charge in [0.2, 0.25) is 0 Å². The first-order chi connectivity index (χ1) is 11.2. The SMILES string of the molecule is CCCCCC#CCOC(=O)NNC(=O)c1ccc(OC)cc1. The molecule has 1 aromatic carbocycles. The maximum absolute atomic E-state index is 11.8. The predicted octanol–water partition coefficient (Wildman–Crippen LogP) is 2.65. The molecule has 0 spiro atoms. The van der Waals surface area contributed by atoms with E-state index < -0.39 is 12.0 Å². The smallest absolute Gasteiger partial charge is 0.427 e. The number of ether oxygens (including phenoxy) is 2. The lowest BCUT2D eigenvalue weighted by molar-refractivity contribution is 0.0916. The number of amides is 2. The van der Waals surface area contributed by atoms with E-state index in [0.29, 0.717) is 11.3 Å². The maximum atomic E-state index is 11.8. The zero-order chi connectivity index (χ0) is 16.9. The summed E-state index contributed by atoms with van der Waals surface area (Å²) in [5, 5.41) is 0. The summed E-state index contributed by atoms with van der Waals surface area (Å²) in [6.07, 6.45) is 3.39. The molecule has 6 nitrogen and oxygen atoms in total. The van der Waals surface area contributed by atoms with Gasteiger partial charge >= 0.3 is 6.09 Å². The van der Waals surface area contributed by atoms with Crippen LogP contribution in [-0.2, 0) is 4.74 Å². The van der Waals surface area contributed by atoms with Gasteiger partial charge in [-0.2, -0.15) is 0 Å². The molecule has 0 aliphatic rings. The minimum Gasteiger partial charge on any atom is -0.497 e. The van der Waals surface area contributed by atoms with E-state index in [-0.39, 0.29) is 6.61 Å². The molecule has 0 saturated carbocycles. The second-order valence-electron chi connectivity index (χ2n) is 4.69. The lowest BCUT2D eigenvalue weighted by Gasteiger charge is -2.07. The molecule has 0 unspecified atom stereocenters. The molecule has 23 heavy (non-hydrogen) atoms. The predicted molar refractivity (Wildman–Crippen MR) is 86.9 cm³/mol. The van der Waals surface area contributed by atoms with Crippen LogP contribution in [0.5, 0.6) is 5.75 Å². The van der Waals surface area contributed by atoms with E-state index in [1.165, 1.54) is 0 Å². The standard InChI is InChI=1S/C17H22N2O4/c1-3-4-5-6-7-8-13-23-17(21)19-18-16(20)14-9-11-15(22-2)12-10-14/h9-12H,3-6,13H2,1-2H3,(H,18,20)(H,19,21). The molecule has 0 atom stereocenters. The molecular formula is C17H22N2O4. The second-order valence-corrected chi connectivity index (χ2v) is 4.69. The molecule has 0 bridgehead atoms. The maximum Gasteiger partial charge on any atom is 0.427 e. The molecule has 124 valence electrons. The number of methoxy groups -OCH3 is 1. The van der Waals surface area contributed by atoms with Gasteiger partial charge in [0.15, 0.2) is 6.61 Å². The summed E-state index contributed by atoms with van der Waals surface area (Å²) in [4.78, 5) is 23.2. The van der Waals surface area contributed by atoms with Gasteiger partial charge in [0.25, 0.3) is 5.91 Å². The van der Waals surface area contributed by atoms with Crippen LogP contribution in [0.25, 0.3) is 0 Å². The highest BCUT2D eigenvalue weighted by Gasteiger charge is 2.07. The zero-order valence-corrected chi connectivity index (χ0v) is 13.5. The van der Waals surface area contributed by atoms with Crippen LogP contribution in [0.3, 0.4) is 0 Å². The molecular weight excluding hydrogens is 296 g/mol. The van der Waals surface area contributed by atoms with E-state index in [1.807, 2.05) is 0 Å². The Kier molecular flexibility index (Phi) is 8.76. The first-order valence-electron chi connectivity index (χ1n) is 7.50. The Morgan fingerprint density at radius 2 is 1.83 bits per heavy atom. The molecule has 0 heterocycles. The molecule has 0 saturated heterocycles. The van der Waals surface area contributed by atoms with E-state index in [1.54, 1.807) is 31.4 Å². The van der Waals surface area contributed by atoms with E-state index in [4.69, 9.17) is 9.47 Å². The van der Waals surface area contributed by atoms with Gasteiger partial charge in [-0.15, -0.1) is 0 Å². The fourth-order valence-electron chi connectivity index (χ4n) is 1.66. The van der Waals surface area contributed by atoms with Gasteiger partial charge in [-0.3, -0.25) is 10.2 Å². The molecule has 0 aliphatic heterocycles. The van der Waals surface area contributed by atoms with Crippen molar-refractivity contribution in [2.24, 2.45) is 0 Å². The van der Waals surface area contributed by atoms with Gasteiger partial charge < -0.3 is 9.47 Å². The topological polar surface area (TPSA) is 76.7 Å². The number of benzene rings is 1. The summed E-state index contributed by atoms with van der Waals surface area (Å²) in [6.45, 7) is 2.12. The molecule has 1 aromatic rings. The third-order valence-electron chi connectivity index (χ3n) is 2.94. The average Bonchev–Trinajstić information content (AvgIpc) is 2.59. The highest BCUT2D eigenvalue weighted by atomic mass is 16.6. The van der Waals surface area contributed by atoms with Crippen LogP contribution in [0.15, 0.2) is 24.3 Å². The van der Waals surface area contributed by atoms with E-state index in [9.17, 15) is 9.59 Å². The third-order valence-corrected chi connectivity index (χ3v) is 2.94. The van der Waals surface area contributed by atoms with Crippen molar-refractivity contribution >= 4 is 12.0 Å². The summed E-state index contributed by atoms with van der Waals surface area (Å²) >= 11 is 0. The highest BCUT2D eigenvalue weighted by molar-refractivity contribution is 5.95. The van der Waals surface area contributed by atoms with Crippen molar-refractivity contribution in [1.29, 1.82) is 0 Å². The van der Waals surface area contributed by atoms with Gasteiger partial charge in [0.1, 0.15) is 5.75 Å². The first-order valence-corrected chi connectivity index (χ1v) is 7.50. The van der Waals surface area contributed by atoms with E-state index in [2.05, 4.69) is 29.6 Å². The molecule has 1 rings (SSSR count). The third kappa shape index (κ3) is 7.77. The van der Waals surface area contributed by atoms with Crippen molar-refractivity contribution in [3.8, 4) is 17.6 Å². The summed E-state index contributed by atoms with van der Waals surface area (Å²) in [6, 6.07) is 6.48. The monoisotopic (exact) mass is 318 g/mol. The molecule has 6 heteroatoms. The quantitative estimate of drug-likeness (QED) is 0.480. The molecule has 0 fully saturated rings. The van der Waals surface area contributed by atoms with E-state index in [0.717, 1.165) is 25.7 Å². The average molecular weight is 318 g/mol. The van der Waals surface area contributed by atoms with Gasteiger partial charge in [-0.25, -0.2) is 10.2 Å². The molecule has 0 radical (unpaired) electrons. The van der Waals surface area contributed by atoms with E-state index >= 15 is 0 Å². The van der Waals surface area contributed by atoms with Crippen molar-refractivity contribution in [3.63, 3.8) is 0 Å². The molecule has 2 N–H and O–H groups in total. The van der Waals surface area contributed by atoms with Crippen LogP contribution < -0.4 is 15.6 Å². The fraction of sp³-hybridized carbons (Fsp3) is 0.412. The Bertz CT molecular complexity index is 558. The van der Waals surface area contributed by atoms with Crippen molar-refractivity contribution in [3.05, 3.63) is 29.8 Å². The largest absolute Gasteiger partial charge is 0.497 e. The lowest BCUT2D eigenvalue weighted by Crippen LogP contribution is -2.41. The van der Waals surface area contributed by atoms with Crippen LogP contribution in [0.4, 0.5) is 4.79 Å². The van der Waals surface area contributed by atoms with Gasteiger partial charge in [-0.05, 0) is 30.7 Å². The number of rotatable bonds is 6. The summed E-state index contributed by atoms with van der Waals surface area (Å²) in [7, 11) is 1.54. The Morgan fingerprint density at radius 3 is 2.48 bits per heavy atom. The van der Waals surface area contributed by atoms with Crippen molar-refractivity contribution in [1.82, 2.24) is 10.9 Å². The molecule has 2 amide bonds. The lowest BCUT2D eigenvalue weighted by atomic mass is 10.2. The number of hydrogen-bond acceptors (Lipinski definition) is 4. The zero-order valence-electron chi connectivity index (χ0n) is 13.5.